The monoisotopic (exact) mass is 554 g/mol. The van der Waals surface area contributed by atoms with Crippen LogP contribution in [0.1, 0.15) is 56.0 Å². The minimum absolute atomic E-state index is 0.0949. The van der Waals surface area contributed by atoms with Crippen LogP contribution in [-0.2, 0) is 11.3 Å². The first-order valence-corrected chi connectivity index (χ1v) is 12.9. The van der Waals surface area contributed by atoms with Gasteiger partial charge >= 0.3 is 5.69 Å². The van der Waals surface area contributed by atoms with Crippen LogP contribution in [0.15, 0.2) is 35.4 Å². The number of hydrogen-bond acceptors (Lipinski definition) is 12. The van der Waals surface area contributed by atoms with Crippen molar-refractivity contribution in [2.75, 3.05) is 5.32 Å². The molecule has 1 saturated carbocycles. The summed E-state index contributed by atoms with van der Waals surface area (Å²) >= 11 is 1.17. The van der Waals surface area contributed by atoms with Crippen LogP contribution in [0.5, 0.6) is 0 Å². The number of pyridine rings is 2. The van der Waals surface area contributed by atoms with E-state index in [1.165, 1.54) is 46.5 Å². The molecule has 1 fully saturated rings. The summed E-state index contributed by atoms with van der Waals surface area (Å²) in [4.78, 5) is 26.7. The van der Waals surface area contributed by atoms with Crippen molar-refractivity contribution in [3.8, 4) is 10.7 Å². The highest BCUT2D eigenvalue weighted by atomic mass is 32.1. The largest absolute Gasteiger partial charge is 0.393 e. The fourth-order valence-corrected chi connectivity index (χ4v) is 5.55. The van der Waals surface area contributed by atoms with Gasteiger partial charge in [0.2, 0.25) is 6.41 Å². The lowest BCUT2D eigenvalue weighted by Crippen LogP contribution is -2.29. The Morgan fingerprint density at radius 3 is 2.41 bits per heavy atom. The Kier molecular flexibility index (Phi) is 6.87. The molecule has 0 spiro atoms. The van der Waals surface area contributed by atoms with Crippen LogP contribution in [0.3, 0.4) is 0 Å². The molecule has 0 bridgehead atoms. The lowest BCUT2D eigenvalue weighted by atomic mass is 9.87. The van der Waals surface area contributed by atoms with E-state index in [-0.39, 0.29) is 34.5 Å². The van der Waals surface area contributed by atoms with E-state index in [9.17, 15) is 35.4 Å². The van der Waals surface area contributed by atoms with Crippen LogP contribution in [-0.4, -0.2) is 68.7 Å². The van der Waals surface area contributed by atoms with Gasteiger partial charge in [-0.25, -0.2) is 24.3 Å². The molecule has 1 aliphatic rings. The van der Waals surface area contributed by atoms with Gasteiger partial charge in [-0.3, -0.25) is 4.57 Å². The molecule has 2 atom stereocenters. The quantitative estimate of drug-likeness (QED) is 0.124. The Hall–Kier alpha value is -3.18. The van der Waals surface area contributed by atoms with Gasteiger partial charge < -0.3 is 36.0 Å². The molecule has 0 aliphatic heterocycles. The van der Waals surface area contributed by atoms with Crippen molar-refractivity contribution < 1.29 is 30.6 Å². The van der Waals surface area contributed by atoms with E-state index in [2.05, 4.69) is 20.3 Å². The first kappa shape index (κ1) is 27.4. The maximum atomic E-state index is 13.1. The molecule has 0 saturated heterocycles. The number of rotatable bonds is 7. The molecule has 4 aromatic heterocycles. The summed E-state index contributed by atoms with van der Waals surface area (Å²) in [7, 11) is 5.54. The molecule has 15 heteroatoms. The van der Waals surface area contributed by atoms with Crippen LogP contribution in [0, 0.1) is 0 Å². The maximum absolute atomic E-state index is 13.1. The van der Waals surface area contributed by atoms with Crippen molar-refractivity contribution in [2.45, 2.75) is 63.0 Å². The summed E-state index contributed by atoms with van der Waals surface area (Å²) in [6.45, 7) is 3.23. The predicted octanol–water partition coefficient (Wildman–Crippen LogP) is 0.477. The average molecular weight is 554 g/mol. The summed E-state index contributed by atoms with van der Waals surface area (Å²) < 4.78 is 2.21. The highest BCUT2D eigenvalue weighted by Crippen LogP contribution is 2.35. The molecule has 39 heavy (non-hydrogen) atoms. The third-order valence-electron chi connectivity index (χ3n) is 6.60. The predicted molar refractivity (Wildman–Crippen MR) is 142 cm³/mol. The summed E-state index contributed by atoms with van der Waals surface area (Å²) in [5.74, 6) is 0.337. The average Bonchev–Trinajstić information content (AvgIpc) is 3.55. The van der Waals surface area contributed by atoms with E-state index in [1.54, 1.807) is 13.8 Å². The molecular formula is C24H27BN6O7S. The van der Waals surface area contributed by atoms with E-state index in [1.807, 2.05) is 0 Å². The molecule has 5 rings (SSSR count). The summed E-state index contributed by atoms with van der Waals surface area (Å²) in [5.41, 5.74) is -3.79. The molecule has 4 aromatic rings. The van der Waals surface area contributed by atoms with Gasteiger partial charge in [-0.05, 0) is 45.2 Å². The minimum atomic E-state index is -2.69. The summed E-state index contributed by atoms with van der Waals surface area (Å²) in [5, 5.41) is 63.5. The number of fused-ring (bicyclic) bond motifs is 1. The highest BCUT2D eigenvalue weighted by molar-refractivity contribution is 7.15. The third-order valence-corrected chi connectivity index (χ3v) is 7.93. The zero-order valence-corrected chi connectivity index (χ0v) is 21.9. The molecule has 13 nitrogen and oxygen atoms in total. The molecule has 2 unspecified atom stereocenters. The summed E-state index contributed by atoms with van der Waals surface area (Å²) in [6.07, 6.45) is 1.53. The topological polar surface area (TPSA) is 199 Å². The lowest BCUT2D eigenvalue weighted by Gasteiger charge is -2.19. The second-order valence-corrected chi connectivity index (χ2v) is 11.1. The molecular weight excluding hydrogens is 527 g/mol. The Balaban J connectivity index is 1.58. The molecule has 0 amide bonds. The van der Waals surface area contributed by atoms with Gasteiger partial charge in [0.25, 0.3) is 0 Å². The first-order valence-electron chi connectivity index (χ1n) is 12.1. The third kappa shape index (κ3) is 5.34. The van der Waals surface area contributed by atoms with Gasteiger partial charge in [-0.2, -0.15) is 0 Å². The van der Waals surface area contributed by atoms with Gasteiger partial charge in [0.1, 0.15) is 28.0 Å². The van der Waals surface area contributed by atoms with Crippen molar-refractivity contribution in [1.82, 2.24) is 24.1 Å². The first-order chi connectivity index (χ1) is 18.2. The second kappa shape index (κ2) is 9.78. The number of aliphatic hydroxyl groups excluding tert-OH is 2. The van der Waals surface area contributed by atoms with Crippen molar-refractivity contribution in [3.63, 3.8) is 0 Å². The van der Waals surface area contributed by atoms with Crippen LogP contribution < -0.4 is 11.0 Å². The van der Waals surface area contributed by atoms with Crippen molar-refractivity contribution in [1.29, 1.82) is 0 Å². The summed E-state index contributed by atoms with van der Waals surface area (Å²) in [6, 6.07) is 3.84. The van der Waals surface area contributed by atoms with Gasteiger partial charge in [-0.15, -0.1) is 11.3 Å². The van der Waals surface area contributed by atoms with Crippen molar-refractivity contribution in [2.24, 2.45) is 0 Å². The highest BCUT2D eigenvalue weighted by Gasteiger charge is 2.30. The number of anilines is 2. The molecule has 7 N–H and O–H groups in total. The van der Waals surface area contributed by atoms with Crippen LogP contribution in [0.25, 0.3) is 21.7 Å². The molecule has 1 aliphatic carbocycles. The van der Waals surface area contributed by atoms with Crippen LogP contribution in [0.2, 0.25) is 0 Å². The standard InChI is InChI=1S/C24H27BN6O7S/c1-23(2,36)17-10-27-20(39-17)14-5-11(24(25,37)38)6-19(28-14)29-18-8-15-16(9-26-18)31(22(34)35)21(33)30(15)12-3-4-13(32)7-12/h5-6,8-10,12-13,22,32,34-38H,3-4,7H2,1-2H3,(H,26,28,29). The SMILES string of the molecule is [B]C(O)(O)c1cc(Nc2cc3c(cn2)n(C(O)O)c(=O)n3C2CCC(O)C2)nc(-c2ncc(C(C)(C)O)s2)c1. The van der Waals surface area contributed by atoms with Crippen molar-refractivity contribution in [3.05, 3.63) is 51.5 Å². The number of nitrogens with one attached hydrogen (secondary N) is 1. The number of aromatic nitrogens is 5. The number of aliphatic hydroxyl groups is 6. The smallest absolute Gasteiger partial charge is 0.333 e. The van der Waals surface area contributed by atoms with E-state index in [4.69, 9.17) is 7.85 Å². The fourth-order valence-electron chi connectivity index (χ4n) is 4.67. The zero-order valence-electron chi connectivity index (χ0n) is 21.1. The Labute approximate surface area is 227 Å². The molecule has 4 heterocycles. The van der Waals surface area contributed by atoms with Crippen LogP contribution >= 0.6 is 11.3 Å². The Bertz CT molecular complexity index is 1590. The van der Waals surface area contributed by atoms with Crippen LogP contribution in [0.4, 0.5) is 11.6 Å². The molecule has 0 aromatic carbocycles. The Morgan fingerprint density at radius 2 is 1.82 bits per heavy atom. The van der Waals surface area contributed by atoms with Crippen molar-refractivity contribution >= 4 is 41.9 Å². The fraction of sp³-hybridized carbons (Fsp3) is 0.417. The van der Waals surface area contributed by atoms with Gasteiger partial charge in [-0.1, -0.05) is 0 Å². The van der Waals surface area contributed by atoms with E-state index >= 15 is 0 Å². The van der Waals surface area contributed by atoms with Gasteiger partial charge in [0, 0.05) is 23.9 Å². The van der Waals surface area contributed by atoms with Gasteiger partial charge in [0.05, 0.1) is 33.8 Å². The number of imidazole rings is 1. The number of thiazole rings is 1. The van der Waals surface area contributed by atoms with E-state index in [0.29, 0.717) is 34.7 Å². The Morgan fingerprint density at radius 1 is 1.08 bits per heavy atom. The second-order valence-electron chi connectivity index (χ2n) is 10.1. The van der Waals surface area contributed by atoms with E-state index < -0.39 is 29.5 Å². The number of nitrogens with zero attached hydrogens (tertiary/aromatic N) is 5. The maximum Gasteiger partial charge on any atom is 0.333 e. The zero-order chi connectivity index (χ0) is 28.3. The normalized spacial score (nSPS) is 18.4. The lowest BCUT2D eigenvalue weighted by molar-refractivity contribution is -0.102. The minimum Gasteiger partial charge on any atom is -0.393 e. The number of hydrogen-bond donors (Lipinski definition) is 7. The van der Waals surface area contributed by atoms with Gasteiger partial charge in [0.15, 0.2) is 7.85 Å². The molecule has 204 valence electrons. The van der Waals surface area contributed by atoms with E-state index in [0.717, 1.165) is 4.57 Å². The molecule has 2 radical (unpaired) electrons.